The molecule has 0 radical (unpaired) electrons. The van der Waals surface area contributed by atoms with Gasteiger partial charge in [-0.2, -0.15) is 0 Å². The Kier molecular flexibility index (Phi) is 9.88. The first-order chi connectivity index (χ1) is 19.8. The fourth-order valence-corrected chi connectivity index (χ4v) is 5.19. The lowest BCUT2D eigenvalue weighted by molar-refractivity contribution is -0.254. The van der Waals surface area contributed by atoms with Crippen LogP contribution in [0.25, 0.3) is 0 Å². The molecule has 2 saturated heterocycles. The lowest BCUT2D eigenvalue weighted by atomic mass is 9.72. The topological polar surface area (TPSA) is 89.5 Å². The van der Waals surface area contributed by atoms with Crippen molar-refractivity contribution >= 4 is 11.9 Å². The van der Waals surface area contributed by atoms with Gasteiger partial charge in [0.15, 0.2) is 0 Å². The molecule has 0 spiro atoms. The SMILES string of the molecule is CC(C)C(=O)OCC1OC(c2ccc(OCCOc3ccc(C4OC(COC(=O)C(C)C)C4(C)C)cc3)cc2)C1(C)C. The predicted molar refractivity (Wildman–Crippen MR) is 158 cm³/mol. The van der Waals surface area contributed by atoms with E-state index in [9.17, 15) is 9.59 Å². The molecule has 2 aromatic carbocycles. The maximum absolute atomic E-state index is 11.8. The summed E-state index contributed by atoms with van der Waals surface area (Å²) < 4.78 is 34.6. The molecule has 0 N–H and O–H groups in total. The Morgan fingerprint density at radius 1 is 0.643 bits per heavy atom. The van der Waals surface area contributed by atoms with E-state index in [2.05, 4.69) is 27.7 Å². The van der Waals surface area contributed by atoms with Crippen LogP contribution in [0.2, 0.25) is 0 Å². The second-order valence-electron chi connectivity index (χ2n) is 13.1. The van der Waals surface area contributed by atoms with Crippen molar-refractivity contribution in [3.8, 4) is 11.5 Å². The third kappa shape index (κ3) is 7.09. The molecule has 0 amide bonds. The van der Waals surface area contributed by atoms with Gasteiger partial charge in [0.25, 0.3) is 0 Å². The monoisotopic (exact) mass is 582 g/mol. The van der Waals surface area contributed by atoms with Crippen LogP contribution in [-0.4, -0.2) is 50.6 Å². The molecule has 230 valence electrons. The highest BCUT2D eigenvalue weighted by Gasteiger charge is 2.52. The van der Waals surface area contributed by atoms with Crippen LogP contribution < -0.4 is 9.47 Å². The average molecular weight is 583 g/mol. The van der Waals surface area contributed by atoms with Gasteiger partial charge in [-0.05, 0) is 35.4 Å². The molecule has 0 aliphatic carbocycles. The van der Waals surface area contributed by atoms with Gasteiger partial charge in [-0.25, -0.2) is 0 Å². The predicted octanol–water partition coefficient (Wildman–Crippen LogP) is 6.48. The zero-order valence-electron chi connectivity index (χ0n) is 26.2. The molecule has 2 fully saturated rings. The van der Waals surface area contributed by atoms with E-state index in [4.69, 9.17) is 28.4 Å². The molecular formula is C34H46O8. The van der Waals surface area contributed by atoms with Gasteiger partial charge >= 0.3 is 11.9 Å². The van der Waals surface area contributed by atoms with Crippen molar-refractivity contribution in [2.24, 2.45) is 22.7 Å². The fraction of sp³-hybridized carbons (Fsp3) is 0.588. The Hall–Kier alpha value is -3.10. The van der Waals surface area contributed by atoms with Crippen molar-refractivity contribution in [1.82, 2.24) is 0 Å². The fourth-order valence-electron chi connectivity index (χ4n) is 5.19. The van der Waals surface area contributed by atoms with Gasteiger partial charge in [0.05, 0.1) is 24.0 Å². The number of hydrogen-bond donors (Lipinski definition) is 0. The number of rotatable bonds is 13. The zero-order chi connectivity index (χ0) is 30.7. The second kappa shape index (κ2) is 13.0. The molecule has 2 heterocycles. The van der Waals surface area contributed by atoms with Gasteiger partial charge in [0.2, 0.25) is 0 Å². The van der Waals surface area contributed by atoms with Crippen LogP contribution in [0.1, 0.15) is 78.7 Å². The third-order valence-corrected chi connectivity index (χ3v) is 8.30. The lowest BCUT2D eigenvalue weighted by Crippen LogP contribution is -2.52. The van der Waals surface area contributed by atoms with E-state index in [1.54, 1.807) is 0 Å². The Morgan fingerprint density at radius 3 is 1.26 bits per heavy atom. The van der Waals surface area contributed by atoms with Crippen LogP contribution in [0, 0.1) is 22.7 Å². The van der Waals surface area contributed by atoms with E-state index in [1.807, 2.05) is 76.2 Å². The highest BCUT2D eigenvalue weighted by molar-refractivity contribution is 5.71. The quantitative estimate of drug-likeness (QED) is 0.196. The highest BCUT2D eigenvalue weighted by atomic mass is 16.6. The maximum Gasteiger partial charge on any atom is 0.308 e. The van der Waals surface area contributed by atoms with Gasteiger partial charge in [0, 0.05) is 10.8 Å². The summed E-state index contributed by atoms with van der Waals surface area (Å²) >= 11 is 0. The van der Waals surface area contributed by atoms with Crippen molar-refractivity contribution in [2.45, 2.75) is 79.8 Å². The number of hydrogen-bond acceptors (Lipinski definition) is 8. The number of esters is 2. The molecule has 0 bridgehead atoms. The van der Waals surface area contributed by atoms with Gasteiger partial charge in [-0.15, -0.1) is 0 Å². The van der Waals surface area contributed by atoms with E-state index in [0.29, 0.717) is 13.2 Å². The molecule has 2 aliphatic heterocycles. The van der Waals surface area contributed by atoms with Gasteiger partial charge in [0.1, 0.15) is 50.1 Å². The van der Waals surface area contributed by atoms with E-state index in [1.165, 1.54) is 0 Å². The Bertz CT molecular complexity index is 1100. The first kappa shape index (κ1) is 31.8. The molecule has 8 heteroatoms. The van der Waals surface area contributed by atoms with Crippen LogP contribution in [0.15, 0.2) is 48.5 Å². The van der Waals surface area contributed by atoms with Crippen molar-refractivity contribution in [2.75, 3.05) is 26.4 Å². The van der Waals surface area contributed by atoms with Crippen molar-refractivity contribution < 1.29 is 38.0 Å². The van der Waals surface area contributed by atoms with Gasteiger partial charge in [-0.1, -0.05) is 79.7 Å². The highest BCUT2D eigenvalue weighted by Crippen LogP contribution is 2.52. The molecular weight excluding hydrogens is 536 g/mol. The molecule has 8 nitrogen and oxygen atoms in total. The summed E-state index contributed by atoms with van der Waals surface area (Å²) in [5.74, 6) is 0.818. The number of benzene rings is 2. The first-order valence-electron chi connectivity index (χ1n) is 14.9. The molecule has 42 heavy (non-hydrogen) atoms. The van der Waals surface area contributed by atoms with Gasteiger partial charge in [-0.3, -0.25) is 9.59 Å². The number of carbonyl (C=O) groups excluding carboxylic acids is 2. The minimum Gasteiger partial charge on any atom is -0.490 e. The van der Waals surface area contributed by atoms with E-state index in [0.717, 1.165) is 22.6 Å². The molecule has 4 atom stereocenters. The summed E-state index contributed by atoms with van der Waals surface area (Å²) in [6.07, 6.45) is -0.383. The van der Waals surface area contributed by atoms with Gasteiger partial charge < -0.3 is 28.4 Å². The van der Waals surface area contributed by atoms with Crippen LogP contribution in [-0.2, 0) is 28.5 Å². The Balaban J connectivity index is 1.17. The molecule has 4 unspecified atom stereocenters. The minimum absolute atomic E-state index is 0.0650. The molecule has 2 aliphatic rings. The van der Waals surface area contributed by atoms with Crippen LogP contribution in [0.4, 0.5) is 0 Å². The Labute approximate surface area is 250 Å². The molecule has 4 rings (SSSR count). The Morgan fingerprint density at radius 2 is 0.976 bits per heavy atom. The molecule has 0 saturated carbocycles. The minimum atomic E-state index is -0.204. The van der Waals surface area contributed by atoms with Crippen molar-refractivity contribution in [1.29, 1.82) is 0 Å². The summed E-state index contributed by atoms with van der Waals surface area (Å²) in [5, 5.41) is 0. The summed E-state index contributed by atoms with van der Waals surface area (Å²) in [6.45, 7) is 17.2. The average Bonchev–Trinajstić information content (AvgIpc) is 2.95. The lowest BCUT2D eigenvalue weighted by Gasteiger charge is -2.51. The molecule has 0 aromatic heterocycles. The largest absolute Gasteiger partial charge is 0.490 e. The van der Waals surface area contributed by atoms with Crippen molar-refractivity contribution in [3.63, 3.8) is 0 Å². The standard InChI is InChI=1S/C34H46O8/c1-21(2)31(35)39-19-27-33(5,6)29(41-27)23-9-13-25(14-10-23)37-17-18-38-26-15-11-24(12-16-26)30-34(7,8)28(42-30)20-40-32(36)22(3)4/h9-16,21-22,27-30H,17-20H2,1-8H3. The molecule has 2 aromatic rings. The van der Waals surface area contributed by atoms with Crippen molar-refractivity contribution in [3.05, 3.63) is 59.7 Å². The van der Waals surface area contributed by atoms with Crippen LogP contribution in [0.3, 0.4) is 0 Å². The normalized spacial score (nSPS) is 24.0. The summed E-state index contributed by atoms with van der Waals surface area (Å²) in [5.41, 5.74) is 1.84. The zero-order valence-corrected chi connectivity index (χ0v) is 26.2. The van der Waals surface area contributed by atoms with E-state index in [-0.39, 0.29) is 72.2 Å². The smallest absolute Gasteiger partial charge is 0.308 e. The summed E-state index contributed by atoms with van der Waals surface area (Å²) in [4.78, 5) is 23.6. The van der Waals surface area contributed by atoms with E-state index >= 15 is 0 Å². The maximum atomic E-state index is 11.8. The third-order valence-electron chi connectivity index (χ3n) is 8.30. The van der Waals surface area contributed by atoms with Crippen LogP contribution >= 0.6 is 0 Å². The second-order valence-corrected chi connectivity index (χ2v) is 13.1. The first-order valence-corrected chi connectivity index (χ1v) is 14.9. The van der Waals surface area contributed by atoms with E-state index < -0.39 is 0 Å². The summed E-state index contributed by atoms with van der Waals surface area (Å²) in [7, 11) is 0. The van der Waals surface area contributed by atoms with Crippen LogP contribution in [0.5, 0.6) is 11.5 Å². The number of ether oxygens (including phenoxy) is 6. The summed E-state index contributed by atoms with van der Waals surface area (Å²) in [6, 6.07) is 15.8. The number of carbonyl (C=O) groups is 2.